The summed E-state index contributed by atoms with van der Waals surface area (Å²) in [5, 5.41) is 11.4. The molecule has 0 amide bonds. The predicted molar refractivity (Wildman–Crippen MR) is 113 cm³/mol. The van der Waals surface area contributed by atoms with Crippen molar-refractivity contribution in [3.8, 4) is 0 Å². The van der Waals surface area contributed by atoms with Crippen LogP contribution in [0.3, 0.4) is 0 Å². The van der Waals surface area contributed by atoms with Crippen LogP contribution < -0.4 is 5.73 Å². The number of rotatable bonds is 5. The molecule has 0 fully saturated rings. The van der Waals surface area contributed by atoms with E-state index in [2.05, 4.69) is 53.5 Å². The summed E-state index contributed by atoms with van der Waals surface area (Å²) in [6.07, 6.45) is 0.238. The molecule has 0 spiro atoms. The maximum atomic E-state index is 10.8. The van der Waals surface area contributed by atoms with Gasteiger partial charge in [0.25, 0.3) is 0 Å². The summed E-state index contributed by atoms with van der Waals surface area (Å²) >= 11 is 1.53. The Kier molecular flexibility index (Phi) is 5.28. The van der Waals surface area contributed by atoms with E-state index in [0.717, 1.165) is 17.5 Å². The summed E-state index contributed by atoms with van der Waals surface area (Å²) in [6.45, 7) is 0. The average Bonchev–Trinajstić information content (AvgIpc) is 3.11. The van der Waals surface area contributed by atoms with E-state index in [9.17, 15) is 5.11 Å². The third kappa shape index (κ3) is 4.07. The van der Waals surface area contributed by atoms with Gasteiger partial charge in [-0.05, 0) is 28.7 Å². The van der Waals surface area contributed by atoms with Gasteiger partial charge >= 0.3 is 0 Å². The van der Waals surface area contributed by atoms with Crippen molar-refractivity contribution in [2.75, 3.05) is 0 Å². The molecule has 3 N–H and O–H groups in total. The highest BCUT2D eigenvalue weighted by Gasteiger charge is 2.36. The smallest absolute Gasteiger partial charge is 0.155 e. The zero-order valence-corrected chi connectivity index (χ0v) is 15.7. The number of nitrogens with two attached hydrogens (primary N) is 1. The van der Waals surface area contributed by atoms with E-state index in [4.69, 9.17) is 5.73 Å². The van der Waals surface area contributed by atoms with Gasteiger partial charge in [0.1, 0.15) is 6.10 Å². The highest BCUT2D eigenvalue weighted by atomic mass is 32.2. The van der Waals surface area contributed by atoms with E-state index in [1.165, 1.54) is 22.9 Å². The number of hydrogen-bond donors (Lipinski definition) is 2. The van der Waals surface area contributed by atoms with Crippen LogP contribution in [0.5, 0.6) is 0 Å². The molecule has 0 unspecified atom stereocenters. The second kappa shape index (κ2) is 7.99. The maximum Gasteiger partial charge on any atom is 0.155 e. The molecule has 3 nitrogen and oxygen atoms in total. The number of amidine groups is 1. The second-order valence-electron chi connectivity index (χ2n) is 6.76. The Morgan fingerprint density at radius 3 is 2.11 bits per heavy atom. The summed E-state index contributed by atoms with van der Waals surface area (Å²) in [6, 6.07) is 28.4. The van der Waals surface area contributed by atoms with Crippen molar-refractivity contribution in [3.05, 3.63) is 107 Å². The first-order valence-electron chi connectivity index (χ1n) is 9.06. The molecule has 0 bridgehead atoms. The van der Waals surface area contributed by atoms with Gasteiger partial charge in [-0.15, -0.1) is 0 Å². The van der Waals surface area contributed by atoms with E-state index >= 15 is 0 Å². The minimum absolute atomic E-state index is 0.0194. The van der Waals surface area contributed by atoms with Crippen LogP contribution in [0, 0.1) is 0 Å². The fourth-order valence-corrected chi connectivity index (χ4v) is 4.54. The molecule has 0 aromatic heterocycles. The Hall–Kier alpha value is -2.56. The van der Waals surface area contributed by atoms with Gasteiger partial charge in [-0.25, -0.2) is 0 Å². The van der Waals surface area contributed by atoms with Gasteiger partial charge in [0.15, 0.2) is 5.17 Å². The first kappa shape index (κ1) is 17.8. The zero-order chi connectivity index (χ0) is 18.6. The lowest BCUT2D eigenvalue weighted by molar-refractivity contribution is 0.147. The number of hydrogen-bond acceptors (Lipinski definition) is 4. The molecule has 0 aliphatic carbocycles. The van der Waals surface area contributed by atoms with E-state index in [1.807, 2.05) is 36.4 Å². The van der Waals surface area contributed by atoms with Crippen LogP contribution in [0.4, 0.5) is 0 Å². The van der Waals surface area contributed by atoms with Crippen molar-refractivity contribution in [1.29, 1.82) is 0 Å². The minimum Gasteiger partial charge on any atom is -0.386 e. The Morgan fingerprint density at radius 1 is 0.852 bits per heavy atom. The number of aliphatic hydroxyl groups is 1. The molecule has 4 rings (SSSR count). The molecule has 1 heterocycles. The van der Waals surface area contributed by atoms with Gasteiger partial charge in [0, 0.05) is 0 Å². The molecular formula is C23H22N2OS. The second-order valence-corrected chi connectivity index (χ2v) is 7.92. The van der Waals surface area contributed by atoms with Crippen LogP contribution in [-0.4, -0.2) is 16.3 Å². The Labute approximate surface area is 164 Å². The van der Waals surface area contributed by atoms with Crippen molar-refractivity contribution in [2.24, 2.45) is 10.7 Å². The maximum absolute atomic E-state index is 10.8. The Morgan fingerprint density at radius 2 is 1.44 bits per heavy atom. The van der Waals surface area contributed by atoms with Crippen LogP contribution in [-0.2, 0) is 6.42 Å². The van der Waals surface area contributed by atoms with Crippen molar-refractivity contribution in [2.45, 2.75) is 23.8 Å². The Balaban J connectivity index is 1.53. The topological polar surface area (TPSA) is 58.6 Å². The van der Waals surface area contributed by atoms with Gasteiger partial charge < -0.3 is 10.8 Å². The molecule has 3 aromatic rings. The monoisotopic (exact) mass is 374 g/mol. The lowest BCUT2D eigenvalue weighted by atomic mass is 9.95. The van der Waals surface area contributed by atoms with E-state index in [1.54, 1.807) is 0 Å². The third-order valence-corrected chi connectivity index (χ3v) is 6.01. The van der Waals surface area contributed by atoms with Gasteiger partial charge in [-0.1, -0.05) is 96.7 Å². The summed E-state index contributed by atoms with van der Waals surface area (Å²) in [5.74, 6) is 0. The van der Waals surface area contributed by atoms with Crippen LogP contribution in [0.15, 0.2) is 89.9 Å². The number of aliphatic hydroxyl groups excluding tert-OH is 1. The normalized spacial score (nSPS) is 20.3. The molecule has 136 valence electrons. The third-order valence-electron chi connectivity index (χ3n) is 4.86. The highest BCUT2D eigenvalue weighted by molar-refractivity contribution is 8.14. The summed E-state index contributed by atoms with van der Waals surface area (Å²) < 4.78 is 0. The SMILES string of the molecule is NC1=N[C@H]([C@H](O)c2ccccc2)[C@H](c2ccc(Cc3ccccc3)cc2)S1. The molecule has 0 saturated carbocycles. The van der Waals surface area contributed by atoms with Crippen molar-refractivity contribution in [3.63, 3.8) is 0 Å². The van der Waals surface area contributed by atoms with Gasteiger partial charge in [-0.2, -0.15) is 0 Å². The van der Waals surface area contributed by atoms with Crippen LogP contribution >= 0.6 is 11.8 Å². The lowest BCUT2D eigenvalue weighted by Crippen LogP contribution is -2.20. The predicted octanol–water partition coefficient (Wildman–Crippen LogP) is 4.48. The van der Waals surface area contributed by atoms with Crippen molar-refractivity contribution >= 4 is 16.9 Å². The number of thioether (sulfide) groups is 1. The summed E-state index contributed by atoms with van der Waals surface area (Å²) in [5.41, 5.74) is 10.6. The van der Waals surface area contributed by atoms with Gasteiger partial charge in [0.05, 0.1) is 11.3 Å². The fourth-order valence-electron chi connectivity index (χ4n) is 3.45. The molecule has 3 atom stereocenters. The summed E-state index contributed by atoms with van der Waals surface area (Å²) in [4.78, 5) is 4.52. The molecule has 0 radical (unpaired) electrons. The highest BCUT2D eigenvalue weighted by Crippen LogP contribution is 2.44. The lowest BCUT2D eigenvalue weighted by Gasteiger charge is -2.23. The fraction of sp³-hybridized carbons (Fsp3) is 0.174. The molecule has 4 heteroatoms. The molecule has 0 saturated heterocycles. The molecule has 1 aliphatic rings. The van der Waals surface area contributed by atoms with Gasteiger partial charge in [-0.3, -0.25) is 4.99 Å². The van der Waals surface area contributed by atoms with E-state index < -0.39 is 6.10 Å². The van der Waals surface area contributed by atoms with Crippen molar-refractivity contribution in [1.82, 2.24) is 0 Å². The average molecular weight is 375 g/mol. The van der Waals surface area contributed by atoms with Gasteiger partial charge in [0.2, 0.25) is 0 Å². The van der Waals surface area contributed by atoms with Crippen LogP contribution in [0.1, 0.15) is 33.6 Å². The van der Waals surface area contributed by atoms with E-state index in [0.29, 0.717) is 5.17 Å². The molecular weight excluding hydrogens is 352 g/mol. The first-order valence-corrected chi connectivity index (χ1v) is 9.94. The van der Waals surface area contributed by atoms with Crippen LogP contribution in [0.2, 0.25) is 0 Å². The zero-order valence-electron chi connectivity index (χ0n) is 14.9. The van der Waals surface area contributed by atoms with Crippen molar-refractivity contribution < 1.29 is 5.11 Å². The summed E-state index contributed by atoms with van der Waals surface area (Å²) in [7, 11) is 0. The minimum atomic E-state index is -0.672. The number of aliphatic imine (C=N–C) groups is 1. The quantitative estimate of drug-likeness (QED) is 0.692. The molecule has 3 aromatic carbocycles. The molecule has 1 aliphatic heterocycles. The number of nitrogens with zero attached hydrogens (tertiary/aromatic N) is 1. The van der Waals surface area contributed by atoms with E-state index in [-0.39, 0.29) is 11.3 Å². The number of benzene rings is 3. The molecule has 27 heavy (non-hydrogen) atoms. The van der Waals surface area contributed by atoms with Crippen LogP contribution in [0.25, 0.3) is 0 Å². The Bertz CT molecular complexity index is 910. The standard InChI is InChI=1S/C23H22N2OS/c24-23-25-20(21(26)18-9-5-2-6-10-18)22(27-23)19-13-11-17(12-14-19)15-16-7-3-1-4-8-16/h1-14,20-22,26H,15H2,(H2,24,25)/t20-,21-,22+/m1/s1. The largest absolute Gasteiger partial charge is 0.386 e. The first-order chi connectivity index (χ1) is 13.2.